The van der Waals surface area contributed by atoms with Crippen molar-refractivity contribution in [2.75, 3.05) is 26.7 Å². The van der Waals surface area contributed by atoms with E-state index in [1.165, 1.54) is 6.08 Å². The molecule has 0 radical (unpaired) electrons. The van der Waals surface area contributed by atoms with E-state index in [9.17, 15) is 4.79 Å². The normalized spacial score (nSPS) is 19.0. The van der Waals surface area contributed by atoms with Gasteiger partial charge in [0, 0.05) is 29.7 Å². The Morgan fingerprint density at radius 2 is 2.00 bits per heavy atom. The zero-order valence-corrected chi connectivity index (χ0v) is 13.6. The summed E-state index contributed by atoms with van der Waals surface area (Å²) >= 11 is 0. The highest BCUT2D eigenvalue weighted by atomic mass is 16.7. The predicted molar refractivity (Wildman–Crippen MR) is 88.7 cm³/mol. The van der Waals surface area contributed by atoms with Crippen LogP contribution in [0.5, 0.6) is 11.5 Å². The fourth-order valence-corrected chi connectivity index (χ4v) is 2.66. The van der Waals surface area contributed by atoms with Crippen molar-refractivity contribution < 1.29 is 23.7 Å². The summed E-state index contributed by atoms with van der Waals surface area (Å²) < 4.78 is 21.1. The molecule has 0 saturated carbocycles. The Kier molecular flexibility index (Phi) is 4.46. The smallest absolute Gasteiger partial charge is 0.231 e. The number of benzene rings is 1. The molecule has 2 aliphatic rings. The maximum absolute atomic E-state index is 12.4. The summed E-state index contributed by atoms with van der Waals surface area (Å²) in [5.41, 5.74) is 6.70. The van der Waals surface area contributed by atoms with Gasteiger partial charge in [0.1, 0.15) is 5.76 Å². The van der Waals surface area contributed by atoms with E-state index >= 15 is 0 Å². The standard InChI is InChI=1S/C18H19NO5/c1-21-15-6-4-11(7-16(15)22-2)3-5-14(20)12-8-17-18(9-13(12)19)24-10-23-17/h3-6,8-9,11H,7,10,19H2,1-2H3. The first-order chi connectivity index (χ1) is 11.6. The van der Waals surface area contributed by atoms with Crippen LogP contribution in [0.25, 0.3) is 0 Å². The highest BCUT2D eigenvalue weighted by Crippen LogP contribution is 2.36. The Labute approximate surface area is 140 Å². The van der Waals surface area contributed by atoms with Crippen LogP contribution in [0, 0.1) is 5.92 Å². The molecular weight excluding hydrogens is 310 g/mol. The summed E-state index contributed by atoms with van der Waals surface area (Å²) in [6.07, 6.45) is 7.80. The van der Waals surface area contributed by atoms with Crippen LogP contribution < -0.4 is 15.2 Å². The number of anilines is 1. The molecule has 24 heavy (non-hydrogen) atoms. The molecule has 2 N–H and O–H groups in total. The second-order valence-electron chi connectivity index (χ2n) is 5.44. The monoisotopic (exact) mass is 329 g/mol. The molecule has 0 fully saturated rings. The number of ketones is 1. The number of carbonyl (C=O) groups excluding carboxylic acids is 1. The topological polar surface area (TPSA) is 80.0 Å². The van der Waals surface area contributed by atoms with Crippen molar-refractivity contribution in [3.8, 4) is 11.5 Å². The van der Waals surface area contributed by atoms with E-state index < -0.39 is 0 Å². The molecule has 0 bridgehead atoms. The lowest BCUT2D eigenvalue weighted by Crippen LogP contribution is -2.07. The van der Waals surface area contributed by atoms with Gasteiger partial charge in [-0.15, -0.1) is 0 Å². The number of nitrogen functional groups attached to an aromatic ring is 1. The van der Waals surface area contributed by atoms with Crippen molar-refractivity contribution in [1.82, 2.24) is 0 Å². The summed E-state index contributed by atoms with van der Waals surface area (Å²) in [6.45, 7) is 0.142. The van der Waals surface area contributed by atoms with E-state index in [4.69, 9.17) is 24.7 Å². The van der Waals surface area contributed by atoms with Crippen LogP contribution in [-0.4, -0.2) is 26.8 Å². The van der Waals surface area contributed by atoms with Crippen molar-refractivity contribution in [1.29, 1.82) is 0 Å². The van der Waals surface area contributed by atoms with E-state index in [1.54, 1.807) is 26.4 Å². The van der Waals surface area contributed by atoms with Crippen LogP contribution in [-0.2, 0) is 9.47 Å². The molecule has 1 heterocycles. The molecule has 126 valence electrons. The summed E-state index contributed by atoms with van der Waals surface area (Å²) in [7, 11) is 3.20. The van der Waals surface area contributed by atoms with Gasteiger partial charge in [0.2, 0.25) is 6.79 Å². The molecule has 1 aliphatic heterocycles. The molecule has 6 nitrogen and oxygen atoms in total. The quantitative estimate of drug-likeness (QED) is 0.508. The Balaban J connectivity index is 1.73. The SMILES string of the molecule is COC1=C(OC)CC(C=CC(=O)c2cc3c(cc2N)OCO3)C=C1. The highest BCUT2D eigenvalue weighted by Gasteiger charge is 2.20. The third-order valence-electron chi connectivity index (χ3n) is 3.96. The minimum atomic E-state index is -0.181. The number of methoxy groups -OCH3 is 2. The summed E-state index contributed by atoms with van der Waals surface area (Å²) in [5, 5.41) is 0. The Morgan fingerprint density at radius 1 is 1.25 bits per heavy atom. The Bertz CT molecular complexity index is 748. The van der Waals surface area contributed by atoms with Gasteiger partial charge < -0.3 is 24.7 Å². The molecule has 0 amide bonds. The maximum atomic E-state index is 12.4. The van der Waals surface area contributed by atoms with E-state index in [0.29, 0.717) is 34.9 Å². The first-order valence-electron chi connectivity index (χ1n) is 7.53. The summed E-state index contributed by atoms with van der Waals surface area (Å²) in [4.78, 5) is 12.4. The second-order valence-corrected chi connectivity index (χ2v) is 5.44. The molecule has 1 unspecified atom stereocenters. The van der Waals surface area contributed by atoms with Crippen molar-refractivity contribution in [3.63, 3.8) is 0 Å². The van der Waals surface area contributed by atoms with Crippen LogP contribution in [0.4, 0.5) is 5.69 Å². The van der Waals surface area contributed by atoms with E-state index in [2.05, 4.69) is 0 Å². The van der Waals surface area contributed by atoms with Crippen LogP contribution in [0.3, 0.4) is 0 Å². The molecular formula is C18H19NO5. The van der Waals surface area contributed by atoms with Crippen LogP contribution in [0.2, 0.25) is 0 Å². The summed E-state index contributed by atoms with van der Waals surface area (Å²) in [5.74, 6) is 2.42. The predicted octanol–water partition coefficient (Wildman–Crippen LogP) is 2.82. The number of hydrogen-bond donors (Lipinski definition) is 1. The lowest BCUT2D eigenvalue weighted by molar-refractivity contribution is 0.104. The van der Waals surface area contributed by atoms with E-state index in [0.717, 1.165) is 5.76 Å². The number of hydrogen-bond acceptors (Lipinski definition) is 6. The number of ether oxygens (including phenoxy) is 4. The Morgan fingerprint density at radius 3 is 2.71 bits per heavy atom. The largest absolute Gasteiger partial charge is 0.497 e. The number of allylic oxidation sites excluding steroid dienone is 5. The molecule has 0 spiro atoms. The maximum Gasteiger partial charge on any atom is 0.231 e. The fourth-order valence-electron chi connectivity index (χ4n) is 2.66. The van der Waals surface area contributed by atoms with Gasteiger partial charge in [-0.1, -0.05) is 12.2 Å². The first-order valence-corrected chi connectivity index (χ1v) is 7.53. The molecule has 1 atom stereocenters. The van der Waals surface area contributed by atoms with Gasteiger partial charge in [0.15, 0.2) is 23.0 Å². The van der Waals surface area contributed by atoms with Crippen molar-refractivity contribution >= 4 is 11.5 Å². The van der Waals surface area contributed by atoms with E-state index in [1.807, 2.05) is 18.2 Å². The third kappa shape index (κ3) is 3.08. The minimum absolute atomic E-state index is 0.0537. The van der Waals surface area contributed by atoms with Gasteiger partial charge in [-0.05, 0) is 18.2 Å². The number of fused-ring (bicyclic) bond motifs is 1. The molecule has 3 rings (SSSR count). The number of carbonyl (C=O) groups is 1. The lowest BCUT2D eigenvalue weighted by Gasteiger charge is -2.18. The van der Waals surface area contributed by atoms with Crippen molar-refractivity contribution in [3.05, 3.63) is 53.5 Å². The van der Waals surface area contributed by atoms with Crippen LogP contribution in [0.1, 0.15) is 16.8 Å². The zero-order valence-electron chi connectivity index (χ0n) is 13.6. The van der Waals surface area contributed by atoms with Gasteiger partial charge in [-0.3, -0.25) is 4.79 Å². The minimum Gasteiger partial charge on any atom is -0.497 e. The van der Waals surface area contributed by atoms with Gasteiger partial charge >= 0.3 is 0 Å². The molecule has 1 aliphatic carbocycles. The summed E-state index contributed by atoms with van der Waals surface area (Å²) in [6, 6.07) is 3.23. The molecule has 0 aromatic heterocycles. The van der Waals surface area contributed by atoms with E-state index in [-0.39, 0.29) is 18.5 Å². The van der Waals surface area contributed by atoms with Crippen LogP contribution >= 0.6 is 0 Å². The van der Waals surface area contributed by atoms with Gasteiger partial charge in [0.25, 0.3) is 0 Å². The fraction of sp³-hybridized carbons (Fsp3) is 0.278. The third-order valence-corrected chi connectivity index (χ3v) is 3.96. The van der Waals surface area contributed by atoms with Crippen molar-refractivity contribution in [2.24, 2.45) is 5.92 Å². The zero-order chi connectivity index (χ0) is 17.1. The van der Waals surface area contributed by atoms with Gasteiger partial charge in [0.05, 0.1) is 14.2 Å². The Hall–Kier alpha value is -2.89. The number of rotatable bonds is 5. The number of nitrogens with two attached hydrogens (primary N) is 1. The second kappa shape index (κ2) is 6.70. The van der Waals surface area contributed by atoms with Gasteiger partial charge in [-0.25, -0.2) is 0 Å². The average Bonchev–Trinajstić information content (AvgIpc) is 3.05. The molecule has 1 aromatic carbocycles. The molecule has 6 heteroatoms. The highest BCUT2D eigenvalue weighted by molar-refractivity contribution is 6.08. The first kappa shape index (κ1) is 16.0. The van der Waals surface area contributed by atoms with Gasteiger partial charge in [-0.2, -0.15) is 0 Å². The molecule has 1 aromatic rings. The average molecular weight is 329 g/mol. The lowest BCUT2D eigenvalue weighted by atomic mass is 9.96. The van der Waals surface area contributed by atoms with Crippen molar-refractivity contribution in [2.45, 2.75) is 6.42 Å². The van der Waals surface area contributed by atoms with Crippen LogP contribution in [0.15, 0.2) is 48.0 Å². The molecule has 0 saturated heterocycles.